The molecule has 1 saturated heterocycles. The minimum Gasteiger partial charge on any atom is -0.481 e. The minimum atomic E-state index is -1.15. The van der Waals surface area contributed by atoms with Gasteiger partial charge in [0.05, 0.1) is 0 Å². The van der Waals surface area contributed by atoms with Crippen LogP contribution >= 0.6 is 0 Å². The van der Waals surface area contributed by atoms with Gasteiger partial charge >= 0.3 is 5.97 Å². The lowest BCUT2D eigenvalue weighted by Gasteiger charge is -2.43. The molecular formula is C13H22N2O4. The fraction of sp³-hybridized carbons (Fsp3) is 0.769. The van der Waals surface area contributed by atoms with Gasteiger partial charge in [0.1, 0.15) is 11.5 Å². The highest BCUT2D eigenvalue weighted by Crippen LogP contribution is 2.31. The molecule has 2 amide bonds. The first-order valence-electron chi connectivity index (χ1n) is 6.32. The van der Waals surface area contributed by atoms with Crippen molar-refractivity contribution in [1.29, 1.82) is 0 Å². The number of nitrogens with zero attached hydrogens (tertiary/aromatic N) is 1. The number of amides is 2. The highest BCUT2D eigenvalue weighted by atomic mass is 16.4. The Labute approximate surface area is 113 Å². The lowest BCUT2D eigenvalue weighted by atomic mass is 9.79. The fourth-order valence-electron chi connectivity index (χ4n) is 2.29. The van der Waals surface area contributed by atoms with E-state index in [0.717, 1.165) is 0 Å². The summed E-state index contributed by atoms with van der Waals surface area (Å²) in [7, 11) is 0. The summed E-state index contributed by atoms with van der Waals surface area (Å²) in [6, 6.07) is 0. The largest absolute Gasteiger partial charge is 0.481 e. The molecule has 6 nitrogen and oxygen atoms in total. The van der Waals surface area contributed by atoms with Crippen LogP contribution in [0.3, 0.4) is 0 Å². The van der Waals surface area contributed by atoms with Gasteiger partial charge in [-0.2, -0.15) is 0 Å². The molecule has 1 fully saturated rings. The Morgan fingerprint density at radius 2 is 1.89 bits per heavy atom. The van der Waals surface area contributed by atoms with Crippen LogP contribution in [0.5, 0.6) is 0 Å². The van der Waals surface area contributed by atoms with Gasteiger partial charge in [-0.15, -0.1) is 0 Å². The number of carbonyl (C=O) groups is 3. The number of piperazine rings is 1. The molecule has 0 aromatic carbocycles. The number of carboxylic acids is 1. The summed E-state index contributed by atoms with van der Waals surface area (Å²) in [5.41, 5.74) is -1.72. The molecule has 6 heteroatoms. The number of aliphatic carboxylic acids is 1. The standard InChI is InChI=1S/C13H22N2O4/c1-12(2,3)8(10(17)18)9(16)15-7-6-14-11(19)13(15,4)5/h8H,6-7H2,1-5H3,(H,14,19)(H,17,18). The Morgan fingerprint density at radius 3 is 2.32 bits per heavy atom. The molecule has 1 heterocycles. The lowest BCUT2D eigenvalue weighted by molar-refractivity contribution is -0.163. The number of hydrogen-bond donors (Lipinski definition) is 2. The zero-order valence-electron chi connectivity index (χ0n) is 12.1. The number of carbonyl (C=O) groups excluding carboxylic acids is 2. The Kier molecular flexibility index (Phi) is 3.93. The maximum Gasteiger partial charge on any atom is 0.316 e. The molecule has 108 valence electrons. The average Bonchev–Trinajstić information content (AvgIpc) is 2.18. The second kappa shape index (κ2) is 4.83. The molecule has 19 heavy (non-hydrogen) atoms. The molecular weight excluding hydrogens is 248 g/mol. The Hall–Kier alpha value is -1.59. The van der Waals surface area contributed by atoms with E-state index in [9.17, 15) is 19.5 Å². The van der Waals surface area contributed by atoms with E-state index >= 15 is 0 Å². The molecule has 0 bridgehead atoms. The zero-order chi connectivity index (χ0) is 15.0. The quantitative estimate of drug-likeness (QED) is 0.714. The average molecular weight is 270 g/mol. The summed E-state index contributed by atoms with van der Waals surface area (Å²) >= 11 is 0. The van der Waals surface area contributed by atoms with Gasteiger partial charge in [0.2, 0.25) is 11.8 Å². The van der Waals surface area contributed by atoms with Gasteiger partial charge in [0.15, 0.2) is 0 Å². The van der Waals surface area contributed by atoms with Gasteiger partial charge in [-0.1, -0.05) is 20.8 Å². The first-order chi connectivity index (χ1) is 8.49. The van der Waals surface area contributed by atoms with Crippen LogP contribution in [0.25, 0.3) is 0 Å². The van der Waals surface area contributed by atoms with E-state index in [1.54, 1.807) is 34.6 Å². The summed E-state index contributed by atoms with van der Waals surface area (Å²) in [6.45, 7) is 9.06. The summed E-state index contributed by atoms with van der Waals surface area (Å²) in [4.78, 5) is 37.1. The van der Waals surface area contributed by atoms with Crippen molar-refractivity contribution >= 4 is 17.8 Å². The summed E-state index contributed by atoms with van der Waals surface area (Å²) < 4.78 is 0. The van der Waals surface area contributed by atoms with E-state index in [4.69, 9.17) is 0 Å². The molecule has 0 aromatic rings. The van der Waals surface area contributed by atoms with Gasteiger partial charge in [-0.25, -0.2) is 0 Å². The third kappa shape index (κ3) is 2.88. The normalized spacial score (nSPS) is 20.7. The van der Waals surface area contributed by atoms with Crippen molar-refractivity contribution in [3.63, 3.8) is 0 Å². The van der Waals surface area contributed by atoms with Crippen LogP contribution < -0.4 is 5.32 Å². The molecule has 1 aliphatic rings. The summed E-state index contributed by atoms with van der Waals surface area (Å²) in [5.74, 6) is -3.07. The van der Waals surface area contributed by atoms with E-state index in [2.05, 4.69) is 5.32 Å². The van der Waals surface area contributed by atoms with Crippen LogP contribution in [0.4, 0.5) is 0 Å². The molecule has 0 radical (unpaired) electrons. The van der Waals surface area contributed by atoms with Crippen LogP contribution in [0, 0.1) is 11.3 Å². The number of carboxylic acid groups (broad SMARTS) is 1. The number of rotatable bonds is 2. The molecule has 1 unspecified atom stereocenters. The second-order valence-corrected chi connectivity index (χ2v) is 6.44. The minimum absolute atomic E-state index is 0.259. The summed E-state index contributed by atoms with van der Waals surface area (Å²) in [6.07, 6.45) is 0. The first-order valence-corrected chi connectivity index (χ1v) is 6.32. The Balaban J connectivity index is 3.10. The van der Waals surface area contributed by atoms with Gasteiger partial charge < -0.3 is 15.3 Å². The van der Waals surface area contributed by atoms with Gasteiger partial charge in [0, 0.05) is 13.1 Å². The molecule has 0 spiro atoms. The third-order valence-corrected chi connectivity index (χ3v) is 3.48. The van der Waals surface area contributed by atoms with Crippen molar-refractivity contribution < 1.29 is 19.5 Å². The monoisotopic (exact) mass is 270 g/mol. The van der Waals surface area contributed by atoms with E-state index in [1.807, 2.05) is 0 Å². The van der Waals surface area contributed by atoms with Crippen LogP contribution in [0.1, 0.15) is 34.6 Å². The summed E-state index contributed by atoms with van der Waals surface area (Å²) in [5, 5.41) is 12.0. The molecule has 1 rings (SSSR count). The van der Waals surface area contributed by atoms with Gasteiger partial charge in [-0.05, 0) is 19.3 Å². The van der Waals surface area contributed by atoms with Crippen molar-refractivity contribution in [2.75, 3.05) is 13.1 Å². The zero-order valence-corrected chi connectivity index (χ0v) is 12.1. The van der Waals surface area contributed by atoms with Gasteiger partial charge in [0.25, 0.3) is 0 Å². The third-order valence-electron chi connectivity index (χ3n) is 3.48. The maximum atomic E-state index is 12.5. The second-order valence-electron chi connectivity index (χ2n) is 6.44. The molecule has 0 aliphatic carbocycles. The van der Waals surface area contributed by atoms with Crippen molar-refractivity contribution in [3.05, 3.63) is 0 Å². The highest BCUT2D eigenvalue weighted by Gasteiger charge is 2.47. The van der Waals surface area contributed by atoms with Crippen molar-refractivity contribution in [3.8, 4) is 0 Å². The van der Waals surface area contributed by atoms with Crippen molar-refractivity contribution in [2.45, 2.75) is 40.2 Å². The first kappa shape index (κ1) is 15.5. The Bertz CT molecular complexity index is 409. The number of hydrogen-bond acceptors (Lipinski definition) is 3. The van der Waals surface area contributed by atoms with Crippen LogP contribution in [0.2, 0.25) is 0 Å². The highest BCUT2D eigenvalue weighted by molar-refractivity contribution is 6.01. The maximum absolute atomic E-state index is 12.5. The van der Waals surface area contributed by atoms with E-state index in [-0.39, 0.29) is 5.91 Å². The predicted octanol–water partition coefficient (Wildman–Crippen LogP) is 0.470. The SMILES string of the molecule is CC(C)(C)C(C(=O)O)C(=O)N1CCNC(=O)C1(C)C. The lowest BCUT2D eigenvalue weighted by Crippen LogP contribution is -2.65. The van der Waals surface area contributed by atoms with Crippen molar-refractivity contribution in [1.82, 2.24) is 10.2 Å². The molecule has 1 atom stereocenters. The smallest absolute Gasteiger partial charge is 0.316 e. The topological polar surface area (TPSA) is 86.7 Å². The number of nitrogens with one attached hydrogen (secondary N) is 1. The van der Waals surface area contributed by atoms with E-state index in [0.29, 0.717) is 13.1 Å². The predicted molar refractivity (Wildman–Crippen MR) is 69.4 cm³/mol. The molecule has 0 aromatic heterocycles. The van der Waals surface area contributed by atoms with Crippen molar-refractivity contribution in [2.24, 2.45) is 11.3 Å². The van der Waals surface area contributed by atoms with E-state index in [1.165, 1.54) is 4.90 Å². The van der Waals surface area contributed by atoms with Crippen LogP contribution in [-0.4, -0.2) is 46.4 Å². The van der Waals surface area contributed by atoms with Crippen LogP contribution in [0.15, 0.2) is 0 Å². The van der Waals surface area contributed by atoms with Gasteiger partial charge in [-0.3, -0.25) is 14.4 Å². The van der Waals surface area contributed by atoms with E-state index < -0.39 is 28.7 Å². The van der Waals surface area contributed by atoms with Crippen LogP contribution in [-0.2, 0) is 14.4 Å². The molecule has 0 saturated carbocycles. The molecule has 2 N–H and O–H groups in total. The fourth-order valence-corrected chi connectivity index (χ4v) is 2.29. The Morgan fingerprint density at radius 1 is 1.37 bits per heavy atom. The molecule has 1 aliphatic heterocycles.